The van der Waals surface area contributed by atoms with Crippen LogP contribution in [0.15, 0.2) is 66.7 Å². The summed E-state index contributed by atoms with van der Waals surface area (Å²) >= 11 is 0. The molecule has 0 bridgehead atoms. The van der Waals surface area contributed by atoms with Gasteiger partial charge in [0.25, 0.3) is 0 Å². The maximum Gasteiger partial charge on any atom is 0.244 e. The van der Waals surface area contributed by atoms with E-state index in [2.05, 4.69) is 10.4 Å². The van der Waals surface area contributed by atoms with Crippen LogP contribution < -0.4 is 5.32 Å². The van der Waals surface area contributed by atoms with Gasteiger partial charge in [0, 0.05) is 24.4 Å². The van der Waals surface area contributed by atoms with Crippen molar-refractivity contribution in [3.8, 4) is 0 Å². The first-order chi connectivity index (χ1) is 12.6. The third kappa shape index (κ3) is 3.91. The lowest BCUT2D eigenvalue weighted by Gasteiger charge is -2.19. The summed E-state index contributed by atoms with van der Waals surface area (Å²) in [6, 6.07) is 19.8. The van der Waals surface area contributed by atoms with Crippen molar-refractivity contribution < 1.29 is 4.79 Å². The molecule has 4 nitrogen and oxygen atoms in total. The van der Waals surface area contributed by atoms with Gasteiger partial charge in [-0.25, -0.2) is 0 Å². The number of hydrogen-bond donors (Lipinski definition) is 1. The molecular weight excluding hydrogens is 322 g/mol. The fraction of sp³-hybridized carbons (Fsp3) is 0.182. The monoisotopic (exact) mass is 345 g/mol. The summed E-state index contributed by atoms with van der Waals surface area (Å²) in [4.78, 5) is 12.6. The van der Waals surface area contributed by atoms with E-state index in [9.17, 15) is 4.79 Å². The highest BCUT2D eigenvalue weighted by atomic mass is 16.1. The van der Waals surface area contributed by atoms with Crippen molar-refractivity contribution in [3.05, 3.63) is 94.8 Å². The molecule has 1 N–H and O–H groups in total. The maximum atomic E-state index is 12.6. The highest BCUT2D eigenvalue weighted by molar-refractivity contribution is 5.92. The number of aromatic nitrogens is 2. The SMILES string of the molecule is Cc1nn(C)c(C)c1/C=C/C(=O)NC(c1ccccc1)c1ccccc1. The molecule has 0 unspecified atom stereocenters. The van der Waals surface area contributed by atoms with E-state index >= 15 is 0 Å². The highest BCUT2D eigenvalue weighted by Crippen LogP contribution is 2.22. The van der Waals surface area contributed by atoms with Crippen molar-refractivity contribution >= 4 is 12.0 Å². The Labute approximate surface area is 154 Å². The van der Waals surface area contributed by atoms with Gasteiger partial charge in [-0.15, -0.1) is 0 Å². The molecule has 132 valence electrons. The Bertz CT molecular complexity index is 872. The van der Waals surface area contributed by atoms with Gasteiger partial charge in [0.15, 0.2) is 0 Å². The molecule has 0 saturated heterocycles. The summed E-state index contributed by atoms with van der Waals surface area (Å²) < 4.78 is 1.82. The first kappa shape index (κ1) is 17.7. The van der Waals surface area contributed by atoms with Crippen LogP contribution >= 0.6 is 0 Å². The minimum Gasteiger partial charge on any atom is -0.342 e. The molecule has 0 fully saturated rings. The molecule has 26 heavy (non-hydrogen) atoms. The van der Waals surface area contributed by atoms with E-state index in [4.69, 9.17) is 0 Å². The van der Waals surface area contributed by atoms with Crippen molar-refractivity contribution in [2.75, 3.05) is 0 Å². The zero-order valence-electron chi connectivity index (χ0n) is 15.3. The van der Waals surface area contributed by atoms with Crippen molar-refractivity contribution in [2.45, 2.75) is 19.9 Å². The molecule has 0 aliphatic heterocycles. The number of amides is 1. The Kier molecular flexibility index (Phi) is 5.32. The van der Waals surface area contributed by atoms with Gasteiger partial charge in [0.2, 0.25) is 5.91 Å². The molecular formula is C22H23N3O. The van der Waals surface area contributed by atoms with Gasteiger partial charge in [0.05, 0.1) is 11.7 Å². The normalized spacial score (nSPS) is 11.2. The predicted octanol–water partition coefficient (Wildman–Crippen LogP) is 3.96. The number of aryl methyl sites for hydroxylation is 2. The molecule has 0 atom stereocenters. The van der Waals surface area contributed by atoms with Gasteiger partial charge < -0.3 is 5.32 Å². The molecule has 1 aromatic heterocycles. The van der Waals surface area contributed by atoms with E-state index in [1.54, 1.807) is 6.08 Å². The van der Waals surface area contributed by atoms with Gasteiger partial charge in [-0.3, -0.25) is 9.48 Å². The first-order valence-corrected chi connectivity index (χ1v) is 8.65. The number of rotatable bonds is 5. The molecule has 0 spiro atoms. The summed E-state index contributed by atoms with van der Waals surface area (Å²) in [5.41, 5.74) is 5.04. The van der Waals surface area contributed by atoms with Crippen molar-refractivity contribution in [1.82, 2.24) is 15.1 Å². The summed E-state index contributed by atoms with van der Waals surface area (Å²) in [6.45, 7) is 3.94. The maximum absolute atomic E-state index is 12.6. The van der Waals surface area contributed by atoms with Crippen molar-refractivity contribution in [1.29, 1.82) is 0 Å². The van der Waals surface area contributed by atoms with E-state index in [0.29, 0.717) is 0 Å². The first-order valence-electron chi connectivity index (χ1n) is 8.65. The highest BCUT2D eigenvalue weighted by Gasteiger charge is 2.15. The van der Waals surface area contributed by atoms with Crippen LogP contribution in [-0.2, 0) is 11.8 Å². The van der Waals surface area contributed by atoms with Crippen LogP contribution in [0.4, 0.5) is 0 Å². The van der Waals surface area contributed by atoms with Crippen LogP contribution in [0, 0.1) is 13.8 Å². The van der Waals surface area contributed by atoms with Crippen molar-refractivity contribution in [2.24, 2.45) is 7.05 Å². The Morgan fingerprint density at radius 3 is 2.00 bits per heavy atom. The van der Waals surface area contributed by atoms with Crippen LogP contribution in [-0.4, -0.2) is 15.7 Å². The Morgan fingerprint density at radius 2 is 1.54 bits per heavy atom. The number of carbonyl (C=O) groups excluding carboxylic acids is 1. The number of benzene rings is 2. The lowest BCUT2D eigenvalue weighted by Crippen LogP contribution is -2.27. The van der Waals surface area contributed by atoms with E-state index < -0.39 is 0 Å². The van der Waals surface area contributed by atoms with Gasteiger partial charge >= 0.3 is 0 Å². The summed E-state index contributed by atoms with van der Waals surface area (Å²) in [5.74, 6) is -0.134. The minimum atomic E-state index is -0.189. The number of nitrogens with zero attached hydrogens (tertiary/aromatic N) is 2. The lowest BCUT2D eigenvalue weighted by molar-refractivity contribution is -0.116. The second-order valence-electron chi connectivity index (χ2n) is 6.30. The minimum absolute atomic E-state index is 0.134. The number of carbonyl (C=O) groups is 1. The molecule has 1 heterocycles. The predicted molar refractivity (Wildman–Crippen MR) is 105 cm³/mol. The Morgan fingerprint density at radius 1 is 1.00 bits per heavy atom. The van der Waals surface area contributed by atoms with Crippen LogP contribution in [0.5, 0.6) is 0 Å². The van der Waals surface area contributed by atoms with E-state index in [1.165, 1.54) is 0 Å². The smallest absolute Gasteiger partial charge is 0.244 e. The van der Waals surface area contributed by atoms with Crippen LogP contribution in [0.1, 0.15) is 34.1 Å². The Hall–Kier alpha value is -3.14. The fourth-order valence-electron chi connectivity index (χ4n) is 3.03. The third-order valence-corrected chi connectivity index (χ3v) is 4.52. The quantitative estimate of drug-likeness (QED) is 0.712. The van der Waals surface area contributed by atoms with E-state index in [0.717, 1.165) is 28.1 Å². The second-order valence-corrected chi connectivity index (χ2v) is 6.30. The average Bonchev–Trinajstić information content (AvgIpc) is 2.91. The van der Waals surface area contributed by atoms with Gasteiger partial charge in [-0.2, -0.15) is 5.10 Å². The van der Waals surface area contributed by atoms with E-state index in [-0.39, 0.29) is 11.9 Å². The number of hydrogen-bond acceptors (Lipinski definition) is 2. The van der Waals surface area contributed by atoms with Crippen molar-refractivity contribution in [3.63, 3.8) is 0 Å². The zero-order chi connectivity index (χ0) is 18.5. The van der Waals surface area contributed by atoms with E-state index in [1.807, 2.05) is 92.3 Å². The molecule has 2 aromatic carbocycles. The lowest BCUT2D eigenvalue weighted by atomic mass is 9.98. The summed E-state index contributed by atoms with van der Waals surface area (Å²) in [7, 11) is 1.90. The molecule has 3 rings (SSSR count). The molecule has 0 aliphatic carbocycles. The molecule has 0 aliphatic rings. The Balaban J connectivity index is 1.83. The van der Waals surface area contributed by atoms with Crippen LogP contribution in [0.25, 0.3) is 6.08 Å². The molecule has 0 radical (unpaired) electrons. The molecule has 4 heteroatoms. The molecule has 1 amide bonds. The second kappa shape index (κ2) is 7.83. The van der Waals surface area contributed by atoms with Gasteiger partial charge in [-0.05, 0) is 31.1 Å². The standard InChI is InChI=1S/C22H23N3O/c1-16-20(17(2)25(3)24-16)14-15-21(26)23-22(18-10-6-4-7-11-18)19-12-8-5-9-13-19/h4-15,22H,1-3H3,(H,23,26)/b15-14+. The topological polar surface area (TPSA) is 46.9 Å². The fourth-order valence-corrected chi connectivity index (χ4v) is 3.03. The third-order valence-electron chi connectivity index (χ3n) is 4.52. The molecule has 0 saturated carbocycles. The molecule has 3 aromatic rings. The van der Waals surface area contributed by atoms with Crippen LogP contribution in [0.3, 0.4) is 0 Å². The van der Waals surface area contributed by atoms with Crippen LogP contribution in [0.2, 0.25) is 0 Å². The zero-order valence-corrected chi connectivity index (χ0v) is 15.3. The largest absolute Gasteiger partial charge is 0.342 e. The van der Waals surface area contributed by atoms with Gasteiger partial charge in [-0.1, -0.05) is 60.7 Å². The number of nitrogens with one attached hydrogen (secondary N) is 1. The van der Waals surface area contributed by atoms with Gasteiger partial charge in [0.1, 0.15) is 0 Å². The average molecular weight is 345 g/mol. The summed E-state index contributed by atoms with van der Waals surface area (Å²) in [6.07, 6.45) is 3.41. The summed E-state index contributed by atoms with van der Waals surface area (Å²) in [5, 5.41) is 7.49.